The van der Waals surface area contributed by atoms with Gasteiger partial charge in [-0.05, 0) is 24.5 Å². The average molecular weight is 279 g/mol. The molecule has 0 aliphatic carbocycles. The van der Waals surface area contributed by atoms with Crippen molar-refractivity contribution < 1.29 is 14.8 Å². The van der Waals surface area contributed by atoms with Crippen LogP contribution >= 0.6 is 0 Å². The third-order valence-corrected chi connectivity index (χ3v) is 3.63. The minimum atomic E-state index is -0.634. The topological polar surface area (TPSA) is 110 Å². The predicted molar refractivity (Wildman–Crippen MR) is 73.2 cm³/mol. The number of likely N-dealkylation sites (tertiary alicyclic amines) is 1. The van der Waals surface area contributed by atoms with E-state index in [1.165, 1.54) is 23.1 Å². The van der Waals surface area contributed by atoms with Crippen LogP contribution in [0.5, 0.6) is 0 Å². The molecule has 1 amide bonds. The first-order valence-corrected chi connectivity index (χ1v) is 6.42. The van der Waals surface area contributed by atoms with Crippen LogP contribution in [0.3, 0.4) is 0 Å². The largest absolute Gasteiger partial charge is 0.393 e. The maximum atomic E-state index is 12.4. The van der Waals surface area contributed by atoms with Crippen LogP contribution in [0.1, 0.15) is 23.7 Å². The van der Waals surface area contributed by atoms with Crippen LogP contribution in [0.2, 0.25) is 0 Å². The van der Waals surface area contributed by atoms with Crippen molar-refractivity contribution in [1.29, 1.82) is 0 Å². The lowest BCUT2D eigenvalue weighted by Gasteiger charge is -2.34. The fourth-order valence-corrected chi connectivity index (χ4v) is 2.43. The van der Waals surface area contributed by atoms with Gasteiger partial charge in [-0.25, -0.2) is 0 Å². The molecule has 7 nitrogen and oxygen atoms in total. The Morgan fingerprint density at radius 3 is 2.85 bits per heavy atom. The number of nitrogen functional groups attached to an aromatic ring is 1. The number of nitrogens with two attached hydrogens (primary N) is 1. The number of rotatable bonds is 2. The molecule has 1 saturated heterocycles. The SMILES string of the molecule is CC1CN(C(=O)c2cccc(N)c2[N+](=O)[O-])CCC1O. The Morgan fingerprint density at radius 1 is 1.55 bits per heavy atom. The minimum Gasteiger partial charge on any atom is -0.393 e. The van der Waals surface area contributed by atoms with Crippen LogP contribution in [0, 0.1) is 16.0 Å². The lowest BCUT2D eigenvalue weighted by Crippen LogP contribution is -2.45. The molecule has 1 fully saturated rings. The molecule has 1 aliphatic heterocycles. The molecule has 7 heteroatoms. The molecule has 20 heavy (non-hydrogen) atoms. The third kappa shape index (κ3) is 2.57. The number of carbonyl (C=O) groups excluding carboxylic acids is 1. The molecule has 1 aromatic rings. The molecule has 0 spiro atoms. The molecule has 1 aromatic carbocycles. The second kappa shape index (κ2) is 5.46. The summed E-state index contributed by atoms with van der Waals surface area (Å²) in [6.45, 7) is 2.61. The van der Waals surface area contributed by atoms with Crippen LogP contribution in [0.4, 0.5) is 11.4 Å². The monoisotopic (exact) mass is 279 g/mol. The van der Waals surface area contributed by atoms with Crippen LogP contribution in [-0.2, 0) is 0 Å². The molecular formula is C13H17N3O4. The Bertz CT molecular complexity index is 546. The first kappa shape index (κ1) is 14.3. The van der Waals surface area contributed by atoms with E-state index in [-0.39, 0.29) is 22.9 Å². The van der Waals surface area contributed by atoms with Crippen LogP contribution < -0.4 is 5.73 Å². The van der Waals surface area contributed by atoms with Crippen molar-refractivity contribution >= 4 is 17.3 Å². The van der Waals surface area contributed by atoms with Gasteiger partial charge in [0.1, 0.15) is 11.3 Å². The molecule has 3 N–H and O–H groups in total. The summed E-state index contributed by atoms with van der Waals surface area (Å²) in [6.07, 6.45) is 0.0399. The van der Waals surface area contributed by atoms with Crippen LogP contribution in [0.15, 0.2) is 18.2 Å². The smallest absolute Gasteiger partial charge is 0.304 e. The highest BCUT2D eigenvalue weighted by molar-refractivity contribution is 6.00. The number of carbonyl (C=O) groups is 1. The Morgan fingerprint density at radius 2 is 2.25 bits per heavy atom. The van der Waals surface area contributed by atoms with Crippen molar-refractivity contribution in [3.05, 3.63) is 33.9 Å². The van der Waals surface area contributed by atoms with E-state index in [0.717, 1.165) is 0 Å². The highest BCUT2D eigenvalue weighted by Gasteiger charge is 2.31. The van der Waals surface area contributed by atoms with Crippen molar-refractivity contribution in [2.24, 2.45) is 5.92 Å². The van der Waals surface area contributed by atoms with Gasteiger partial charge >= 0.3 is 5.69 Å². The number of hydrogen-bond acceptors (Lipinski definition) is 5. The molecule has 0 bridgehead atoms. The third-order valence-electron chi connectivity index (χ3n) is 3.63. The molecule has 2 unspecified atom stereocenters. The first-order chi connectivity index (χ1) is 9.41. The maximum Gasteiger partial charge on any atom is 0.304 e. The van der Waals surface area contributed by atoms with Gasteiger partial charge in [0.05, 0.1) is 11.0 Å². The van der Waals surface area contributed by atoms with Gasteiger partial charge in [-0.2, -0.15) is 0 Å². The number of piperidine rings is 1. The highest BCUT2D eigenvalue weighted by Crippen LogP contribution is 2.28. The van der Waals surface area contributed by atoms with Crippen molar-refractivity contribution in [3.63, 3.8) is 0 Å². The molecule has 0 aromatic heterocycles. The molecule has 2 atom stereocenters. The standard InChI is InChI=1S/C13H17N3O4/c1-8-7-15(6-5-11(8)17)13(18)9-3-2-4-10(14)12(9)16(19)20/h2-4,8,11,17H,5-7,14H2,1H3. The number of nitro groups is 1. The summed E-state index contributed by atoms with van der Waals surface area (Å²) in [4.78, 5) is 24.4. The predicted octanol–water partition coefficient (Wildman–Crippen LogP) is 1.02. The lowest BCUT2D eigenvalue weighted by atomic mass is 9.96. The van der Waals surface area contributed by atoms with Crippen molar-refractivity contribution in [1.82, 2.24) is 4.90 Å². The number of benzene rings is 1. The zero-order chi connectivity index (χ0) is 14.9. The van der Waals surface area contributed by atoms with Gasteiger partial charge in [0.25, 0.3) is 5.91 Å². The summed E-state index contributed by atoms with van der Waals surface area (Å²) < 4.78 is 0. The van der Waals surface area contributed by atoms with Crippen molar-refractivity contribution in [2.45, 2.75) is 19.4 Å². The van der Waals surface area contributed by atoms with Crippen molar-refractivity contribution in [3.8, 4) is 0 Å². The van der Waals surface area contributed by atoms with E-state index in [2.05, 4.69) is 0 Å². The van der Waals surface area contributed by atoms with Crippen molar-refractivity contribution in [2.75, 3.05) is 18.8 Å². The summed E-state index contributed by atoms with van der Waals surface area (Å²) in [5.74, 6) is -0.462. The second-order valence-electron chi connectivity index (χ2n) is 5.08. The Hall–Kier alpha value is -2.15. The van der Waals surface area contributed by atoms with Gasteiger partial charge in [-0.3, -0.25) is 14.9 Å². The average Bonchev–Trinajstić information content (AvgIpc) is 2.40. The number of aliphatic hydroxyl groups excluding tert-OH is 1. The number of aliphatic hydroxyl groups is 1. The van der Waals surface area contributed by atoms with Gasteiger partial charge in [0, 0.05) is 13.1 Å². The van der Waals surface area contributed by atoms with E-state index in [4.69, 9.17) is 5.73 Å². The molecule has 0 saturated carbocycles. The summed E-state index contributed by atoms with van der Waals surface area (Å²) >= 11 is 0. The van der Waals surface area contributed by atoms with Crippen LogP contribution in [0.25, 0.3) is 0 Å². The molecule has 0 radical (unpaired) electrons. The van der Waals surface area contributed by atoms with E-state index in [0.29, 0.717) is 19.5 Å². The number of nitro benzene ring substituents is 1. The number of hydrogen-bond donors (Lipinski definition) is 2. The van der Waals surface area contributed by atoms with E-state index in [1.807, 2.05) is 6.92 Å². The second-order valence-corrected chi connectivity index (χ2v) is 5.08. The minimum absolute atomic E-state index is 0.00131. The molecular weight excluding hydrogens is 262 g/mol. The Labute approximate surface area is 116 Å². The van der Waals surface area contributed by atoms with E-state index < -0.39 is 16.9 Å². The Balaban J connectivity index is 2.30. The molecule has 2 rings (SSSR count). The van der Waals surface area contributed by atoms with Gasteiger partial charge in [-0.1, -0.05) is 13.0 Å². The van der Waals surface area contributed by atoms with Gasteiger partial charge in [0.15, 0.2) is 0 Å². The zero-order valence-electron chi connectivity index (χ0n) is 11.2. The van der Waals surface area contributed by atoms with E-state index in [9.17, 15) is 20.0 Å². The first-order valence-electron chi connectivity index (χ1n) is 6.42. The zero-order valence-corrected chi connectivity index (χ0v) is 11.2. The summed E-state index contributed by atoms with van der Waals surface area (Å²) in [6, 6.07) is 4.34. The maximum absolute atomic E-state index is 12.4. The highest BCUT2D eigenvalue weighted by atomic mass is 16.6. The van der Waals surface area contributed by atoms with Gasteiger partial charge < -0.3 is 15.7 Å². The van der Waals surface area contributed by atoms with E-state index in [1.54, 1.807) is 0 Å². The molecule has 1 heterocycles. The van der Waals surface area contributed by atoms with Gasteiger partial charge in [0.2, 0.25) is 0 Å². The lowest BCUT2D eigenvalue weighted by molar-refractivity contribution is -0.384. The van der Waals surface area contributed by atoms with Gasteiger partial charge in [-0.15, -0.1) is 0 Å². The summed E-state index contributed by atoms with van der Waals surface area (Å²) in [5, 5.41) is 20.7. The summed E-state index contributed by atoms with van der Waals surface area (Å²) in [5.41, 5.74) is 5.21. The number of para-hydroxylation sites is 1. The van der Waals surface area contributed by atoms with E-state index >= 15 is 0 Å². The summed E-state index contributed by atoms with van der Waals surface area (Å²) in [7, 11) is 0. The number of anilines is 1. The Kier molecular flexibility index (Phi) is 3.89. The normalized spacial score (nSPS) is 22.6. The number of amides is 1. The fourth-order valence-electron chi connectivity index (χ4n) is 2.43. The fraction of sp³-hybridized carbons (Fsp3) is 0.462. The quantitative estimate of drug-likeness (QED) is 0.477. The van der Waals surface area contributed by atoms with Crippen LogP contribution in [-0.4, -0.2) is 40.0 Å². The molecule has 1 aliphatic rings. The number of nitrogens with zero attached hydrogens (tertiary/aromatic N) is 2. The molecule has 108 valence electrons.